The van der Waals surface area contributed by atoms with Crippen LogP contribution < -0.4 is 5.32 Å². The second kappa shape index (κ2) is 7.70. The molecule has 23 heavy (non-hydrogen) atoms. The normalized spacial score (nSPS) is 29.5. The molecule has 0 unspecified atom stereocenters. The molecule has 1 aliphatic carbocycles. The fourth-order valence-electron chi connectivity index (χ4n) is 3.47. The number of aliphatic hydroxyl groups excluding tert-OH is 1. The second-order valence-electron chi connectivity index (χ2n) is 6.78. The Labute approximate surface area is 134 Å². The summed E-state index contributed by atoms with van der Waals surface area (Å²) in [6.07, 6.45) is -0.282. The number of rotatable bonds is 4. The zero-order valence-corrected chi connectivity index (χ0v) is 13.5. The van der Waals surface area contributed by atoms with Gasteiger partial charge in [-0.25, -0.2) is 4.79 Å². The molecule has 2 aliphatic rings. The van der Waals surface area contributed by atoms with E-state index >= 15 is 0 Å². The summed E-state index contributed by atoms with van der Waals surface area (Å²) in [4.78, 5) is 15.0. The largest absolute Gasteiger partial charge is 0.401 e. The number of carbonyl (C=O) groups is 1. The van der Waals surface area contributed by atoms with Gasteiger partial charge in [0.1, 0.15) is 0 Å². The van der Waals surface area contributed by atoms with Gasteiger partial charge in [0, 0.05) is 38.6 Å². The highest BCUT2D eigenvalue weighted by Crippen LogP contribution is 2.25. The summed E-state index contributed by atoms with van der Waals surface area (Å²) < 4.78 is 37.1. The van der Waals surface area contributed by atoms with Crippen LogP contribution in [-0.4, -0.2) is 72.5 Å². The highest BCUT2D eigenvalue weighted by Gasteiger charge is 2.35. The quantitative estimate of drug-likeness (QED) is 0.823. The van der Waals surface area contributed by atoms with Crippen molar-refractivity contribution in [3.05, 3.63) is 0 Å². The zero-order chi connectivity index (χ0) is 17.0. The summed E-state index contributed by atoms with van der Waals surface area (Å²) in [5, 5.41) is 12.8. The number of aliphatic hydroxyl groups is 1. The highest BCUT2D eigenvalue weighted by molar-refractivity contribution is 5.74. The number of halogens is 3. The number of likely N-dealkylation sites (tertiary alicyclic amines) is 1. The van der Waals surface area contributed by atoms with Gasteiger partial charge in [-0.05, 0) is 19.3 Å². The summed E-state index contributed by atoms with van der Waals surface area (Å²) >= 11 is 0. The predicted octanol–water partition coefficient (Wildman–Crippen LogP) is 1.82. The van der Waals surface area contributed by atoms with Crippen LogP contribution in [-0.2, 0) is 0 Å². The molecule has 1 heterocycles. The van der Waals surface area contributed by atoms with E-state index in [0.717, 1.165) is 25.7 Å². The van der Waals surface area contributed by atoms with Crippen molar-refractivity contribution in [2.45, 2.75) is 50.4 Å². The van der Waals surface area contributed by atoms with Crippen molar-refractivity contribution in [3.63, 3.8) is 0 Å². The topological polar surface area (TPSA) is 55.8 Å². The monoisotopic (exact) mass is 337 g/mol. The maximum Gasteiger partial charge on any atom is 0.401 e. The molecule has 0 bridgehead atoms. The van der Waals surface area contributed by atoms with Crippen LogP contribution >= 0.6 is 0 Å². The number of carbonyl (C=O) groups excluding carboxylic acids is 1. The first-order chi connectivity index (χ1) is 10.7. The minimum Gasteiger partial charge on any atom is -0.393 e. The third-order valence-electron chi connectivity index (χ3n) is 4.73. The van der Waals surface area contributed by atoms with Crippen molar-refractivity contribution in [2.75, 3.05) is 33.2 Å². The average Bonchev–Trinajstić information content (AvgIpc) is 2.86. The van der Waals surface area contributed by atoms with Gasteiger partial charge in [0.15, 0.2) is 0 Å². The molecule has 8 heteroatoms. The third-order valence-corrected chi connectivity index (χ3v) is 4.73. The highest BCUT2D eigenvalue weighted by atomic mass is 19.4. The van der Waals surface area contributed by atoms with E-state index in [1.807, 2.05) is 0 Å². The summed E-state index contributed by atoms with van der Waals surface area (Å²) in [6.45, 7) is 0.121. The molecule has 0 aromatic heterocycles. The smallest absolute Gasteiger partial charge is 0.393 e. The Morgan fingerprint density at radius 1 is 1.30 bits per heavy atom. The van der Waals surface area contributed by atoms with Crippen LogP contribution in [0, 0.1) is 5.92 Å². The van der Waals surface area contributed by atoms with Gasteiger partial charge in [0.05, 0.1) is 12.6 Å². The number of nitrogens with one attached hydrogen (secondary N) is 1. The lowest BCUT2D eigenvalue weighted by Crippen LogP contribution is -2.47. The SMILES string of the molecule is CN(C[C@@H]1CCCC[C@H]1O)C(=O)N[C@H]1CCN(CC(F)(F)F)C1. The molecule has 2 N–H and O–H groups in total. The Balaban J connectivity index is 1.73. The first kappa shape index (κ1) is 18.3. The molecule has 5 nitrogen and oxygen atoms in total. The van der Waals surface area contributed by atoms with E-state index in [2.05, 4.69) is 5.32 Å². The molecule has 1 aliphatic heterocycles. The Bertz CT molecular complexity index is 406. The third kappa shape index (κ3) is 5.84. The van der Waals surface area contributed by atoms with Gasteiger partial charge in [-0.15, -0.1) is 0 Å². The summed E-state index contributed by atoms with van der Waals surface area (Å²) in [5.74, 6) is 0.0878. The minimum absolute atomic E-state index is 0.0878. The molecule has 3 atom stereocenters. The molecule has 1 saturated heterocycles. The van der Waals surface area contributed by atoms with Gasteiger partial charge in [0.2, 0.25) is 0 Å². The maximum atomic E-state index is 12.4. The predicted molar refractivity (Wildman–Crippen MR) is 80.0 cm³/mol. The van der Waals surface area contributed by atoms with Crippen molar-refractivity contribution in [1.29, 1.82) is 0 Å². The van der Waals surface area contributed by atoms with E-state index in [1.54, 1.807) is 7.05 Å². The van der Waals surface area contributed by atoms with Gasteiger partial charge < -0.3 is 15.3 Å². The van der Waals surface area contributed by atoms with Crippen LogP contribution in [0.2, 0.25) is 0 Å². The van der Waals surface area contributed by atoms with Crippen molar-refractivity contribution in [2.24, 2.45) is 5.92 Å². The van der Waals surface area contributed by atoms with Gasteiger partial charge in [-0.3, -0.25) is 4.90 Å². The zero-order valence-electron chi connectivity index (χ0n) is 13.5. The van der Waals surface area contributed by atoms with Crippen molar-refractivity contribution >= 4 is 6.03 Å². The van der Waals surface area contributed by atoms with E-state index in [9.17, 15) is 23.1 Å². The maximum absolute atomic E-state index is 12.4. The van der Waals surface area contributed by atoms with Gasteiger partial charge in [-0.2, -0.15) is 13.2 Å². The molecule has 2 fully saturated rings. The van der Waals surface area contributed by atoms with Crippen molar-refractivity contribution < 1.29 is 23.1 Å². The Morgan fingerprint density at radius 2 is 2.00 bits per heavy atom. The Kier molecular flexibility index (Phi) is 6.13. The molecule has 2 amide bonds. The van der Waals surface area contributed by atoms with Gasteiger partial charge >= 0.3 is 12.2 Å². The molecule has 0 aromatic rings. The number of hydrogen-bond acceptors (Lipinski definition) is 3. The molecule has 0 aromatic carbocycles. The average molecular weight is 337 g/mol. The molecule has 1 saturated carbocycles. The molecule has 134 valence electrons. The number of hydrogen-bond donors (Lipinski definition) is 2. The first-order valence-corrected chi connectivity index (χ1v) is 8.23. The van der Waals surface area contributed by atoms with Gasteiger partial charge in [0.25, 0.3) is 0 Å². The van der Waals surface area contributed by atoms with Crippen LogP contribution in [0.1, 0.15) is 32.1 Å². The number of amides is 2. The Morgan fingerprint density at radius 3 is 2.65 bits per heavy atom. The molecule has 0 spiro atoms. The molecule has 2 rings (SSSR count). The summed E-state index contributed by atoms with van der Waals surface area (Å²) in [7, 11) is 1.67. The van der Waals surface area contributed by atoms with Crippen molar-refractivity contribution in [3.8, 4) is 0 Å². The molecular formula is C15H26F3N3O2. The van der Waals surface area contributed by atoms with Crippen molar-refractivity contribution in [1.82, 2.24) is 15.1 Å². The lowest BCUT2D eigenvalue weighted by molar-refractivity contribution is -0.143. The van der Waals surface area contributed by atoms with E-state index < -0.39 is 12.7 Å². The van der Waals surface area contributed by atoms with Crippen LogP contribution in [0.3, 0.4) is 0 Å². The summed E-state index contributed by atoms with van der Waals surface area (Å²) in [5.41, 5.74) is 0. The number of alkyl halides is 3. The van der Waals surface area contributed by atoms with E-state index in [-0.39, 0.29) is 30.6 Å². The fourth-order valence-corrected chi connectivity index (χ4v) is 3.47. The van der Waals surface area contributed by atoms with E-state index in [0.29, 0.717) is 19.5 Å². The lowest BCUT2D eigenvalue weighted by Gasteiger charge is -2.31. The van der Waals surface area contributed by atoms with Crippen LogP contribution in [0.4, 0.5) is 18.0 Å². The van der Waals surface area contributed by atoms with E-state index in [1.165, 1.54) is 9.80 Å². The minimum atomic E-state index is -4.20. The van der Waals surface area contributed by atoms with Crippen LogP contribution in [0.5, 0.6) is 0 Å². The number of urea groups is 1. The van der Waals surface area contributed by atoms with Gasteiger partial charge in [-0.1, -0.05) is 12.8 Å². The number of nitrogens with zero attached hydrogens (tertiary/aromatic N) is 2. The molecule has 0 radical (unpaired) electrons. The van der Waals surface area contributed by atoms with E-state index in [4.69, 9.17) is 0 Å². The Hall–Kier alpha value is -1.02. The summed E-state index contributed by atoms with van der Waals surface area (Å²) in [6, 6.07) is -0.523. The second-order valence-corrected chi connectivity index (χ2v) is 6.78. The fraction of sp³-hybridized carbons (Fsp3) is 0.933. The first-order valence-electron chi connectivity index (χ1n) is 8.23. The van der Waals surface area contributed by atoms with Crippen LogP contribution in [0.15, 0.2) is 0 Å². The lowest BCUT2D eigenvalue weighted by atomic mass is 9.86. The van der Waals surface area contributed by atoms with Crippen LogP contribution in [0.25, 0.3) is 0 Å². The molecular weight excluding hydrogens is 311 g/mol. The standard InChI is InChI=1S/C15H26F3N3O2/c1-20(8-11-4-2-3-5-13(11)22)14(23)19-12-6-7-21(9-12)10-15(16,17)18/h11-13,22H,2-10H2,1H3,(H,19,23)/t11-,12-,13+/m0/s1.